The third-order valence-electron chi connectivity index (χ3n) is 1.77. The lowest BCUT2D eigenvalue weighted by Gasteiger charge is -2.04. The predicted octanol–water partition coefficient (Wildman–Crippen LogP) is -0.0951. The summed E-state index contributed by atoms with van der Waals surface area (Å²) in [5.41, 5.74) is 5.69. The van der Waals surface area contributed by atoms with Gasteiger partial charge in [-0.2, -0.15) is 0 Å². The molecule has 15 heavy (non-hydrogen) atoms. The molecule has 0 amide bonds. The first-order valence-electron chi connectivity index (χ1n) is 4.33. The normalized spacial score (nSPS) is 10.5. The second-order valence-electron chi connectivity index (χ2n) is 2.71. The number of nitrogens with two attached hydrogens (primary N) is 1. The maximum atomic E-state index is 11.6. The Bertz CT molecular complexity index is 498. The molecule has 0 saturated heterocycles. The molecule has 1 aromatic rings. The van der Waals surface area contributed by atoms with Gasteiger partial charge in [0.25, 0.3) is 0 Å². The van der Waals surface area contributed by atoms with E-state index in [1.54, 1.807) is 18.2 Å². The van der Waals surface area contributed by atoms with Crippen molar-refractivity contribution >= 4 is 10.0 Å². The van der Waals surface area contributed by atoms with Crippen LogP contribution in [0, 0.1) is 11.8 Å². The second-order valence-corrected chi connectivity index (χ2v) is 4.56. The molecule has 0 radical (unpaired) electrons. The van der Waals surface area contributed by atoms with Gasteiger partial charge in [-0.15, -0.1) is 0 Å². The van der Waals surface area contributed by atoms with E-state index in [2.05, 4.69) is 16.6 Å². The SMILES string of the molecule is CNS(=O)(=O)c1ccccc1C#CCN. The topological polar surface area (TPSA) is 72.2 Å². The Hall–Kier alpha value is -1.35. The lowest BCUT2D eigenvalue weighted by molar-refractivity contribution is 0.588. The molecule has 0 spiro atoms. The summed E-state index contributed by atoms with van der Waals surface area (Å²) in [7, 11) is -2.09. The Balaban J connectivity index is 3.30. The molecule has 0 unspecified atom stereocenters. The van der Waals surface area contributed by atoms with Gasteiger partial charge in [-0.25, -0.2) is 13.1 Å². The van der Waals surface area contributed by atoms with Crippen LogP contribution in [0.3, 0.4) is 0 Å². The predicted molar refractivity (Wildman–Crippen MR) is 58.6 cm³/mol. The quantitative estimate of drug-likeness (QED) is 0.689. The van der Waals surface area contributed by atoms with Crippen molar-refractivity contribution in [2.45, 2.75) is 4.90 Å². The largest absolute Gasteiger partial charge is 0.320 e. The fraction of sp³-hybridized carbons (Fsp3) is 0.200. The third kappa shape index (κ3) is 2.80. The van der Waals surface area contributed by atoms with Crippen LogP contribution in [0.15, 0.2) is 29.2 Å². The van der Waals surface area contributed by atoms with E-state index in [0.29, 0.717) is 5.56 Å². The molecule has 0 aliphatic carbocycles. The molecular formula is C10H12N2O2S. The number of hydrogen-bond acceptors (Lipinski definition) is 3. The number of nitrogens with one attached hydrogen (secondary N) is 1. The van der Waals surface area contributed by atoms with Crippen LogP contribution in [0.4, 0.5) is 0 Å². The molecule has 1 aromatic carbocycles. The van der Waals surface area contributed by atoms with Gasteiger partial charge in [0.15, 0.2) is 0 Å². The zero-order valence-electron chi connectivity index (χ0n) is 8.32. The number of rotatable bonds is 2. The summed E-state index contributed by atoms with van der Waals surface area (Å²) >= 11 is 0. The molecule has 0 heterocycles. The minimum atomic E-state index is -3.45. The highest BCUT2D eigenvalue weighted by molar-refractivity contribution is 7.89. The second kappa shape index (κ2) is 4.94. The standard InChI is InChI=1S/C10H12N2O2S/c1-12-15(13,14)10-7-3-2-5-9(10)6-4-8-11/h2-3,5,7,12H,8,11H2,1H3. The van der Waals surface area contributed by atoms with E-state index in [1.165, 1.54) is 13.1 Å². The third-order valence-corrected chi connectivity index (χ3v) is 3.24. The van der Waals surface area contributed by atoms with Gasteiger partial charge >= 0.3 is 0 Å². The molecule has 0 aromatic heterocycles. The summed E-state index contributed by atoms with van der Waals surface area (Å²) in [6.45, 7) is 0.202. The molecule has 80 valence electrons. The Morgan fingerprint density at radius 1 is 1.40 bits per heavy atom. The van der Waals surface area contributed by atoms with Crippen molar-refractivity contribution in [3.8, 4) is 11.8 Å². The Labute approximate surface area is 89.5 Å². The number of benzene rings is 1. The van der Waals surface area contributed by atoms with Crippen LogP contribution in [0.5, 0.6) is 0 Å². The van der Waals surface area contributed by atoms with Crippen LogP contribution < -0.4 is 10.5 Å². The van der Waals surface area contributed by atoms with Crippen molar-refractivity contribution in [2.75, 3.05) is 13.6 Å². The summed E-state index contributed by atoms with van der Waals surface area (Å²) < 4.78 is 25.4. The molecule has 3 N–H and O–H groups in total. The Morgan fingerprint density at radius 2 is 2.07 bits per heavy atom. The lowest BCUT2D eigenvalue weighted by atomic mass is 10.2. The molecule has 5 heteroatoms. The summed E-state index contributed by atoms with van der Waals surface area (Å²) in [5.74, 6) is 5.35. The van der Waals surface area contributed by atoms with Crippen LogP contribution in [-0.4, -0.2) is 22.0 Å². The molecular weight excluding hydrogens is 212 g/mol. The summed E-state index contributed by atoms with van der Waals surface area (Å²) in [5, 5.41) is 0. The number of hydrogen-bond donors (Lipinski definition) is 2. The minimum absolute atomic E-state index is 0.174. The summed E-state index contributed by atoms with van der Waals surface area (Å²) in [6, 6.07) is 6.53. The average molecular weight is 224 g/mol. The Morgan fingerprint density at radius 3 is 2.67 bits per heavy atom. The molecule has 0 atom stereocenters. The first kappa shape index (κ1) is 11.7. The van der Waals surface area contributed by atoms with Gasteiger partial charge in [-0.3, -0.25) is 0 Å². The van der Waals surface area contributed by atoms with Crippen molar-refractivity contribution < 1.29 is 8.42 Å². The van der Waals surface area contributed by atoms with Crippen molar-refractivity contribution in [1.82, 2.24) is 4.72 Å². The van der Waals surface area contributed by atoms with Crippen LogP contribution in [0.25, 0.3) is 0 Å². The lowest BCUT2D eigenvalue weighted by Crippen LogP contribution is -2.19. The van der Waals surface area contributed by atoms with Crippen LogP contribution in [0.2, 0.25) is 0 Å². The Kier molecular flexibility index (Phi) is 3.86. The van der Waals surface area contributed by atoms with E-state index < -0.39 is 10.0 Å². The van der Waals surface area contributed by atoms with Crippen molar-refractivity contribution in [1.29, 1.82) is 0 Å². The fourth-order valence-corrected chi connectivity index (χ4v) is 1.95. The van der Waals surface area contributed by atoms with E-state index in [0.717, 1.165) is 0 Å². The zero-order valence-corrected chi connectivity index (χ0v) is 9.14. The van der Waals surface area contributed by atoms with Gasteiger partial charge in [0, 0.05) is 5.56 Å². The molecule has 0 fully saturated rings. The van der Waals surface area contributed by atoms with E-state index in [-0.39, 0.29) is 11.4 Å². The molecule has 1 rings (SSSR count). The van der Waals surface area contributed by atoms with E-state index in [9.17, 15) is 8.42 Å². The number of sulfonamides is 1. The first-order valence-corrected chi connectivity index (χ1v) is 5.81. The summed E-state index contributed by atoms with van der Waals surface area (Å²) in [6.07, 6.45) is 0. The molecule has 4 nitrogen and oxygen atoms in total. The molecule has 0 bridgehead atoms. The van der Waals surface area contributed by atoms with E-state index in [4.69, 9.17) is 5.73 Å². The molecule has 0 aliphatic rings. The maximum absolute atomic E-state index is 11.6. The van der Waals surface area contributed by atoms with Crippen molar-refractivity contribution in [2.24, 2.45) is 5.73 Å². The van der Waals surface area contributed by atoms with Gasteiger partial charge in [-0.1, -0.05) is 24.0 Å². The highest BCUT2D eigenvalue weighted by atomic mass is 32.2. The fourth-order valence-electron chi connectivity index (χ4n) is 1.06. The van der Waals surface area contributed by atoms with E-state index in [1.807, 2.05) is 0 Å². The first-order chi connectivity index (χ1) is 7.11. The highest BCUT2D eigenvalue weighted by Gasteiger charge is 2.14. The smallest absolute Gasteiger partial charge is 0.241 e. The van der Waals surface area contributed by atoms with Crippen molar-refractivity contribution in [3.05, 3.63) is 29.8 Å². The van der Waals surface area contributed by atoms with Crippen LogP contribution >= 0.6 is 0 Å². The molecule has 0 aliphatic heterocycles. The zero-order chi connectivity index (χ0) is 11.3. The summed E-state index contributed by atoms with van der Waals surface area (Å²) in [4.78, 5) is 0.174. The van der Waals surface area contributed by atoms with Gasteiger partial charge in [0.1, 0.15) is 0 Å². The van der Waals surface area contributed by atoms with Gasteiger partial charge in [-0.05, 0) is 19.2 Å². The van der Waals surface area contributed by atoms with Crippen LogP contribution in [-0.2, 0) is 10.0 Å². The van der Waals surface area contributed by atoms with Crippen molar-refractivity contribution in [3.63, 3.8) is 0 Å². The molecule has 0 saturated carbocycles. The van der Waals surface area contributed by atoms with Gasteiger partial charge in [0.05, 0.1) is 11.4 Å². The average Bonchev–Trinajstić information content (AvgIpc) is 2.26. The van der Waals surface area contributed by atoms with Gasteiger partial charge < -0.3 is 5.73 Å². The minimum Gasteiger partial charge on any atom is -0.320 e. The highest BCUT2D eigenvalue weighted by Crippen LogP contribution is 2.13. The monoisotopic (exact) mass is 224 g/mol. The maximum Gasteiger partial charge on any atom is 0.241 e. The van der Waals surface area contributed by atoms with E-state index >= 15 is 0 Å². The van der Waals surface area contributed by atoms with Crippen LogP contribution in [0.1, 0.15) is 5.56 Å². The van der Waals surface area contributed by atoms with Gasteiger partial charge in [0.2, 0.25) is 10.0 Å².